The summed E-state index contributed by atoms with van der Waals surface area (Å²) in [4.78, 5) is 19.3. The first-order chi connectivity index (χ1) is 20.0. The SMILES string of the molecule is CCC(Cc1ccccc1)N/C(C)=C1\C=NCCCN=C/C(=C(/C)NCc2ccccc2)C(C)=NCCCN=C1C. The fourth-order valence-corrected chi connectivity index (χ4v) is 4.73. The molecule has 1 aliphatic rings. The molecule has 1 unspecified atom stereocenters. The van der Waals surface area contributed by atoms with E-state index in [0.717, 1.165) is 92.4 Å². The van der Waals surface area contributed by atoms with Crippen molar-refractivity contribution in [3.8, 4) is 0 Å². The molecule has 3 rings (SSSR count). The van der Waals surface area contributed by atoms with Gasteiger partial charge in [0.25, 0.3) is 0 Å². The van der Waals surface area contributed by atoms with Gasteiger partial charge in [0.15, 0.2) is 0 Å². The Labute approximate surface area is 247 Å². The molecule has 0 saturated carbocycles. The largest absolute Gasteiger partial charge is 0.385 e. The Bertz CT molecular complexity index is 1250. The molecule has 0 saturated heterocycles. The summed E-state index contributed by atoms with van der Waals surface area (Å²) >= 11 is 0. The quantitative estimate of drug-likeness (QED) is 0.378. The normalized spacial score (nSPS) is 18.7. The van der Waals surface area contributed by atoms with E-state index in [0.29, 0.717) is 6.04 Å². The van der Waals surface area contributed by atoms with Crippen LogP contribution in [0, 0.1) is 0 Å². The minimum Gasteiger partial charge on any atom is -0.385 e. The van der Waals surface area contributed by atoms with Crippen LogP contribution in [0.3, 0.4) is 0 Å². The summed E-state index contributed by atoms with van der Waals surface area (Å²) in [6, 6.07) is 21.5. The van der Waals surface area contributed by atoms with E-state index in [2.05, 4.69) is 99.8 Å². The number of hydrogen-bond acceptors (Lipinski definition) is 6. The van der Waals surface area contributed by atoms with Gasteiger partial charge >= 0.3 is 0 Å². The Morgan fingerprint density at radius 2 is 1.22 bits per heavy atom. The van der Waals surface area contributed by atoms with E-state index in [1.807, 2.05) is 18.5 Å². The van der Waals surface area contributed by atoms with Gasteiger partial charge < -0.3 is 10.6 Å². The Balaban J connectivity index is 1.72. The van der Waals surface area contributed by atoms with Crippen LogP contribution in [0.15, 0.2) is 103 Å². The Hall–Kier alpha value is -3.80. The van der Waals surface area contributed by atoms with Crippen LogP contribution in [0.2, 0.25) is 0 Å². The molecule has 1 heterocycles. The smallest absolute Gasteiger partial charge is 0.0422 e. The van der Waals surface area contributed by atoms with Crippen molar-refractivity contribution in [3.63, 3.8) is 0 Å². The second kappa shape index (κ2) is 17.8. The molecule has 0 aliphatic carbocycles. The van der Waals surface area contributed by atoms with Crippen LogP contribution in [0.4, 0.5) is 0 Å². The molecule has 0 radical (unpaired) electrons. The van der Waals surface area contributed by atoms with Crippen molar-refractivity contribution in [2.75, 3.05) is 26.2 Å². The average molecular weight is 553 g/mol. The van der Waals surface area contributed by atoms with Crippen molar-refractivity contribution >= 4 is 23.9 Å². The van der Waals surface area contributed by atoms with Crippen LogP contribution >= 0.6 is 0 Å². The molecule has 2 N–H and O–H groups in total. The Morgan fingerprint density at radius 3 is 1.78 bits per heavy atom. The van der Waals surface area contributed by atoms with Crippen LogP contribution in [-0.4, -0.2) is 56.1 Å². The molecule has 0 aromatic heterocycles. The zero-order valence-electron chi connectivity index (χ0n) is 25.7. The number of benzene rings is 2. The molecule has 218 valence electrons. The first-order valence-corrected chi connectivity index (χ1v) is 15.0. The van der Waals surface area contributed by atoms with Crippen molar-refractivity contribution < 1.29 is 0 Å². The maximum absolute atomic E-state index is 4.92. The topological polar surface area (TPSA) is 73.5 Å². The van der Waals surface area contributed by atoms with Crippen LogP contribution in [0.5, 0.6) is 0 Å². The van der Waals surface area contributed by atoms with E-state index in [1.54, 1.807) is 0 Å². The Kier molecular flexibility index (Phi) is 13.8. The maximum Gasteiger partial charge on any atom is 0.0422 e. The lowest BCUT2D eigenvalue weighted by Gasteiger charge is -2.21. The average Bonchev–Trinajstić information content (AvgIpc) is 2.99. The summed E-state index contributed by atoms with van der Waals surface area (Å²) in [7, 11) is 0. The van der Waals surface area contributed by atoms with Crippen molar-refractivity contribution in [2.45, 2.75) is 72.9 Å². The molecule has 6 heteroatoms. The summed E-state index contributed by atoms with van der Waals surface area (Å²) in [6.07, 6.45) is 7.77. The molecule has 41 heavy (non-hydrogen) atoms. The molecule has 0 spiro atoms. The standard InChI is InChI=1S/C35H48N6/c1-6-33(23-31-15-9-7-10-16-31)41-30(5)35-26-37-20-13-19-36-25-34(27(2)38-21-14-22-39-28(35)3)29(4)40-24-32-17-11-8-12-18-32/h7-12,15-18,25-26,33,40-41H,6,13-14,19-24H2,1-5H3/b34-29+,35-30+,36-25?,37-26?,38-27?,39-28?. The van der Waals surface area contributed by atoms with Gasteiger partial charge in [-0.25, -0.2) is 0 Å². The first kappa shape index (κ1) is 31.7. The van der Waals surface area contributed by atoms with Gasteiger partial charge in [-0.1, -0.05) is 67.6 Å². The van der Waals surface area contributed by atoms with E-state index in [-0.39, 0.29) is 0 Å². The minimum absolute atomic E-state index is 0.353. The van der Waals surface area contributed by atoms with E-state index in [1.165, 1.54) is 11.1 Å². The number of hydrogen-bond donors (Lipinski definition) is 2. The van der Waals surface area contributed by atoms with Crippen molar-refractivity contribution in [1.82, 2.24) is 10.6 Å². The molecular weight excluding hydrogens is 504 g/mol. The van der Waals surface area contributed by atoms with Gasteiger partial charge in [-0.05, 0) is 64.5 Å². The van der Waals surface area contributed by atoms with E-state index < -0.39 is 0 Å². The third-order valence-electron chi connectivity index (χ3n) is 7.26. The number of allylic oxidation sites excluding steroid dienone is 4. The summed E-state index contributed by atoms with van der Waals surface area (Å²) in [6.45, 7) is 14.3. The number of nitrogens with one attached hydrogen (secondary N) is 2. The van der Waals surface area contributed by atoms with Gasteiger partial charge in [0.05, 0.1) is 0 Å². The molecule has 0 amide bonds. The lowest BCUT2D eigenvalue weighted by atomic mass is 10.0. The fourth-order valence-electron chi connectivity index (χ4n) is 4.73. The highest BCUT2D eigenvalue weighted by atomic mass is 14.9. The molecule has 2 aromatic rings. The zero-order chi connectivity index (χ0) is 29.3. The molecule has 6 nitrogen and oxygen atoms in total. The van der Waals surface area contributed by atoms with Gasteiger partial charge in [-0.15, -0.1) is 0 Å². The van der Waals surface area contributed by atoms with Gasteiger partial charge in [0, 0.05) is 85.2 Å². The van der Waals surface area contributed by atoms with E-state index in [9.17, 15) is 0 Å². The summed E-state index contributed by atoms with van der Waals surface area (Å²) in [5.41, 5.74) is 8.96. The fraction of sp³-hybridized carbons (Fsp3) is 0.429. The summed E-state index contributed by atoms with van der Waals surface area (Å²) in [5.74, 6) is 0. The first-order valence-electron chi connectivity index (χ1n) is 15.0. The van der Waals surface area contributed by atoms with Crippen LogP contribution < -0.4 is 10.6 Å². The lowest BCUT2D eigenvalue weighted by Crippen LogP contribution is -2.30. The second-order valence-electron chi connectivity index (χ2n) is 10.6. The molecule has 1 aliphatic heterocycles. The van der Waals surface area contributed by atoms with E-state index >= 15 is 0 Å². The van der Waals surface area contributed by atoms with Gasteiger partial charge in [0.2, 0.25) is 0 Å². The minimum atomic E-state index is 0.353. The van der Waals surface area contributed by atoms with Crippen molar-refractivity contribution in [3.05, 3.63) is 94.3 Å². The lowest BCUT2D eigenvalue weighted by molar-refractivity contribution is 0.545. The van der Waals surface area contributed by atoms with Crippen molar-refractivity contribution in [1.29, 1.82) is 0 Å². The predicted molar refractivity (Wildman–Crippen MR) is 178 cm³/mol. The Morgan fingerprint density at radius 1 is 0.707 bits per heavy atom. The number of rotatable bonds is 8. The molecule has 1 atom stereocenters. The molecular formula is C35H48N6. The highest BCUT2D eigenvalue weighted by Crippen LogP contribution is 2.11. The van der Waals surface area contributed by atoms with Gasteiger partial charge in [-0.2, -0.15) is 0 Å². The monoisotopic (exact) mass is 552 g/mol. The maximum atomic E-state index is 4.92. The van der Waals surface area contributed by atoms with Crippen LogP contribution in [0.25, 0.3) is 0 Å². The summed E-state index contributed by atoms with van der Waals surface area (Å²) in [5, 5.41) is 7.32. The molecule has 0 fully saturated rings. The summed E-state index contributed by atoms with van der Waals surface area (Å²) < 4.78 is 0. The van der Waals surface area contributed by atoms with E-state index in [4.69, 9.17) is 20.0 Å². The van der Waals surface area contributed by atoms with Crippen LogP contribution in [0.1, 0.15) is 65.0 Å². The number of aliphatic imine (C=N–C) groups is 4. The highest BCUT2D eigenvalue weighted by molar-refractivity contribution is 6.16. The third-order valence-corrected chi connectivity index (χ3v) is 7.26. The molecule has 2 aromatic carbocycles. The van der Waals surface area contributed by atoms with Crippen LogP contribution in [-0.2, 0) is 13.0 Å². The molecule has 0 bridgehead atoms. The van der Waals surface area contributed by atoms with Crippen molar-refractivity contribution in [2.24, 2.45) is 20.0 Å². The predicted octanol–water partition coefficient (Wildman–Crippen LogP) is 6.79. The number of nitrogens with zero attached hydrogens (tertiary/aromatic N) is 4. The van der Waals surface area contributed by atoms with Gasteiger partial charge in [-0.3, -0.25) is 20.0 Å². The second-order valence-corrected chi connectivity index (χ2v) is 10.6. The third kappa shape index (κ3) is 11.3. The highest BCUT2D eigenvalue weighted by Gasteiger charge is 2.11. The van der Waals surface area contributed by atoms with Gasteiger partial charge in [0.1, 0.15) is 0 Å². The zero-order valence-corrected chi connectivity index (χ0v) is 25.7.